The van der Waals surface area contributed by atoms with Crippen molar-refractivity contribution in [3.8, 4) is 11.8 Å². The second kappa shape index (κ2) is 12.5. The summed E-state index contributed by atoms with van der Waals surface area (Å²) in [5.74, 6) is 2.76. The number of halogens is 2. The van der Waals surface area contributed by atoms with E-state index in [4.69, 9.17) is 0 Å². The summed E-state index contributed by atoms with van der Waals surface area (Å²) < 4.78 is 24.9. The molecule has 0 spiro atoms. The van der Waals surface area contributed by atoms with Gasteiger partial charge >= 0.3 is 0 Å². The van der Waals surface area contributed by atoms with Gasteiger partial charge in [0.15, 0.2) is 0 Å². The average Bonchev–Trinajstić information content (AvgIpc) is 2.34. The van der Waals surface area contributed by atoms with E-state index in [1.54, 1.807) is 0 Å². The van der Waals surface area contributed by atoms with E-state index in [-0.39, 0.29) is 6.42 Å². The van der Waals surface area contributed by atoms with E-state index in [1.165, 1.54) is 57.8 Å². The van der Waals surface area contributed by atoms with Crippen molar-refractivity contribution in [1.29, 1.82) is 0 Å². The molecule has 112 valence electrons. The molecule has 0 aromatic heterocycles. The zero-order chi connectivity index (χ0) is 14.4. The molecule has 0 heterocycles. The van der Waals surface area contributed by atoms with Gasteiger partial charge in [-0.05, 0) is 6.42 Å². The summed E-state index contributed by atoms with van der Waals surface area (Å²) >= 11 is 0. The second-order valence-electron chi connectivity index (χ2n) is 5.53. The first-order valence-corrected chi connectivity index (χ1v) is 7.90. The lowest BCUT2D eigenvalue weighted by atomic mass is 10.1. The van der Waals surface area contributed by atoms with Crippen LogP contribution in [0.4, 0.5) is 8.78 Å². The molecule has 0 atom stereocenters. The number of rotatable bonds is 11. The number of hydrogen-bond donors (Lipinski definition) is 0. The van der Waals surface area contributed by atoms with Gasteiger partial charge in [-0.15, -0.1) is 5.92 Å². The van der Waals surface area contributed by atoms with E-state index in [2.05, 4.69) is 18.8 Å². The number of hydrogen-bond acceptors (Lipinski definition) is 0. The fraction of sp³-hybridized carbons (Fsp3) is 0.882. The molecule has 0 aliphatic rings. The molecule has 19 heavy (non-hydrogen) atoms. The highest BCUT2D eigenvalue weighted by Gasteiger charge is 2.18. The van der Waals surface area contributed by atoms with Crippen LogP contribution >= 0.6 is 0 Å². The highest BCUT2D eigenvalue weighted by molar-refractivity contribution is 5.00. The smallest absolute Gasteiger partial charge is 0.206 e. The number of unbranched alkanes of at least 4 members (excludes halogenated alkanes) is 10. The van der Waals surface area contributed by atoms with E-state index >= 15 is 0 Å². The van der Waals surface area contributed by atoms with Crippen molar-refractivity contribution in [3.63, 3.8) is 0 Å². The average molecular weight is 272 g/mol. The minimum absolute atomic E-state index is 0.301. The van der Waals surface area contributed by atoms with Crippen molar-refractivity contribution in [2.24, 2.45) is 0 Å². The second-order valence-corrected chi connectivity index (χ2v) is 5.53. The van der Waals surface area contributed by atoms with Gasteiger partial charge in [0.25, 0.3) is 5.92 Å². The lowest BCUT2D eigenvalue weighted by Gasteiger charge is -2.02. The van der Waals surface area contributed by atoms with Crippen molar-refractivity contribution >= 4 is 0 Å². The largest absolute Gasteiger partial charge is 0.256 e. The van der Waals surface area contributed by atoms with E-state index in [9.17, 15) is 8.78 Å². The molecule has 0 bridgehead atoms. The first-order chi connectivity index (χ1) is 9.06. The molecule has 0 unspecified atom stereocenters. The zero-order valence-corrected chi connectivity index (χ0v) is 12.7. The summed E-state index contributed by atoms with van der Waals surface area (Å²) in [5, 5.41) is 0. The van der Waals surface area contributed by atoms with Crippen LogP contribution in [0.3, 0.4) is 0 Å². The van der Waals surface area contributed by atoms with Crippen molar-refractivity contribution in [2.45, 2.75) is 96.8 Å². The van der Waals surface area contributed by atoms with Gasteiger partial charge in [0.2, 0.25) is 0 Å². The topological polar surface area (TPSA) is 0 Å². The Morgan fingerprint density at radius 2 is 1.21 bits per heavy atom. The molecular weight excluding hydrogens is 242 g/mol. The molecule has 0 aromatic carbocycles. The van der Waals surface area contributed by atoms with Crippen molar-refractivity contribution in [3.05, 3.63) is 0 Å². The van der Waals surface area contributed by atoms with Gasteiger partial charge in [0, 0.05) is 13.3 Å². The molecule has 0 N–H and O–H groups in total. The third kappa shape index (κ3) is 17.4. The monoisotopic (exact) mass is 272 g/mol. The summed E-state index contributed by atoms with van der Waals surface area (Å²) in [5.41, 5.74) is 0. The van der Waals surface area contributed by atoms with Gasteiger partial charge in [0.05, 0.1) is 6.42 Å². The fourth-order valence-corrected chi connectivity index (χ4v) is 2.01. The normalized spacial score (nSPS) is 11.2. The summed E-state index contributed by atoms with van der Waals surface area (Å²) in [6.45, 7) is 3.16. The first-order valence-electron chi connectivity index (χ1n) is 7.90. The summed E-state index contributed by atoms with van der Waals surface area (Å²) in [6.07, 6.45) is 13.4. The van der Waals surface area contributed by atoms with E-state index in [1.807, 2.05) is 0 Å². The van der Waals surface area contributed by atoms with Gasteiger partial charge < -0.3 is 0 Å². The zero-order valence-electron chi connectivity index (χ0n) is 12.7. The SMILES string of the molecule is CCCCCCCCCCCCC#CCC(C)(F)F. The Hall–Kier alpha value is -0.580. The maximum absolute atomic E-state index is 12.4. The molecule has 0 saturated heterocycles. The van der Waals surface area contributed by atoms with Gasteiger partial charge in [0.1, 0.15) is 0 Å². The van der Waals surface area contributed by atoms with Crippen LogP contribution in [-0.4, -0.2) is 5.92 Å². The lowest BCUT2D eigenvalue weighted by Crippen LogP contribution is -2.06. The Morgan fingerprint density at radius 3 is 1.68 bits per heavy atom. The number of alkyl halides is 2. The molecule has 0 fully saturated rings. The molecule has 0 amide bonds. The molecule has 0 aliphatic heterocycles. The summed E-state index contributed by atoms with van der Waals surface area (Å²) in [4.78, 5) is 0. The summed E-state index contributed by atoms with van der Waals surface area (Å²) in [7, 11) is 0. The summed E-state index contributed by atoms with van der Waals surface area (Å²) in [6, 6.07) is 0. The standard InChI is InChI=1S/C17H30F2/c1-3-4-5-6-7-8-9-10-11-12-13-14-15-16-17(2,18)19/h3-13,16H2,1-2H3. The van der Waals surface area contributed by atoms with E-state index in [0.717, 1.165) is 19.8 Å². The van der Waals surface area contributed by atoms with Crippen LogP contribution < -0.4 is 0 Å². The highest BCUT2D eigenvalue weighted by Crippen LogP contribution is 2.15. The van der Waals surface area contributed by atoms with Crippen molar-refractivity contribution < 1.29 is 8.78 Å². The Labute approximate surface area is 118 Å². The predicted molar refractivity (Wildman–Crippen MR) is 79.5 cm³/mol. The van der Waals surface area contributed by atoms with Crippen LogP contribution in [-0.2, 0) is 0 Å². The molecular formula is C17H30F2. The van der Waals surface area contributed by atoms with Crippen LogP contribution in [0.15, 0.2) is 0 Å². The molecule has 0 aromatic rings. The maximum atomic E-state index is 12.4. The molecule has 2 heteroatoms. The van der Waals surface area contributed by atoms with Gasteiger partial charge in [-0.25, -0.2) is 8.78 Å². The lowest BCUT2D eigenvalue weighted by molar-refractivity contribution is 0.0278. The van der Waals surface area contributed by atoms with Gasteiger partial charge in [-0.3, -0.25) is 0 Å². The molecule has 0 radical (unpaired) electrons. The first kappa shape index (κ1) is 18.4. The third-order valence-corrected chi connectivity index (χ3v) is 3.18. The fourth-order valence-electron chi connectivity index (χ4n) is 2.01. The molecule has 0 aliphatic carbocycles. The minimum Gasteiger partial charge on any atom is -0.206 e. The minimum atomic E-state index is -2.63. The molecule has 0 nitrogen and oxygen atoms in total. The molecule has 0 saturated carbocycles. The molecule has 0 rings (SSSR count). The Bertz CT molecular complexity index is 242. The highest BCUT2D eigenvalue weighted by atomic mass is 19.3. The van der Waals surface area contributed by atoms with Crippen molar-refractivity contribution in [2.75, 3.05) is 0 Å². The van der Waals surface area contributed by atoms with E-state index < -0.39 is 5.92 Å². The quantitative estimate of drug-likeness (QED) is 0.304. The van der Waals surface area contributed by atoms with Gasteiger partial charge in [-0.1, -0.05) is 70.6 Å². The van der Waals surface area contributed by atoms with Crippen LogP contribution in [0.2, 0.25) is 0 Å². The van der Waals surface area contributed by atoms with Crippen LogP contribution in [0, 0.1) is 11.8 Å². The van der Waals surface area contributed by atoms with E-state index in [0.29, 0.717) is 0 Å². The Kier molecular flexibility index (Phi) is 12.1. The van der Waals surface area contributed by atoms with Crippen molar-refractivity contribution in [1.82, 2.24) is 0 Å². The van der Waals surface area contributed by atoms with Crippen LogP contribution in [0.25, 0.3) is 0 Å². The Balaban J connectivity index is 3.15. The third-order valence-electron chi connectivity index (χ3n) is 3.18. The van der Waals surface area contributed by atoms with Crippen LogP contribution in [0.1, 0.15) is 90.9 Å². The maximum Gasteiger partial charge on any atom is 0.256 e. The van der Waals surface area contributed by atoms with Crippen LogP contribution in [0.5, 0.6) is 0 Å². The van der Waals surface area contributed by atoms with Gasteiger partial charge in [-0.2, -0.15) is 0 Å². The Morgan fingerprint density at radius 1 is 0.737 bits per heavy atom. The predicted octanol–water partition coefficient (Wildman–Crippen LogP) is 6.35.